The summed E-state index contributed by atoms with van der Waals surface area (Å²) >= 11 is 3.53. The quantitative estimate of drug-likeness (QED) is 0.217. The standard InChI is InChI=1S/C21H31BrN4O.HI/c1-2-23-20(24-13-5-15-26-14-3-6-19(26)27)25-16-21(11-4-12-21)17-7-9-18(22)10-8-17;/h7-10H,2-6,11-16H2,1H3,(H2,23,24,25);1H. The van der Waals surface area contributed by atoms with E-state index in [9.17, 15) is 4.79 Å². The van der Waals surface area contributed by atoms with Crippen molar-refractivity contribution in [2.75, 3.05) is 32.7 Å². The molecular formula is C21H32BrIN4O. The fourth-order valence-corrected chi connectivity index (χ4v) is 4.20. The molecule has 3 rings (SSSR count). The van der Waals surface area contributed by atoms with E-state index in [2.05, 4.69) is 57.8 Å². The molecule has 1 amide bonds. The molecule has 5 nitrogen and oxygen atoms in total. The first-order chi connectivity index (χ1) is 13.1. The van der Waals surface area contributed by atoms with Gasteiger partial charge in [-0.15, -0.1) is 24.0 Å². The molecule has 2 aliphatic rings. The lowest BCUT2D eigenvalue weighted by molar-refractivity contribution is -0.127. The highest BCUT2D eigenvalue weighted by molar-refractivity contribution is 14.0. The van der Waals surface area contributed by atoms with Crippen LogP contribution in [0.5, 0.6) is 0 Å². The number of hydrogen-bond donors (Lipinski definition) is 2. The third kappa shape index (κ3) is 6.08. The molecule has 0 bridgehead atoms. The molecule has 28 heavy (non-hydrogen) atoms. The summed E-state index contributed by atoms with van der Waals surface area (Å²) in [5, 5.41) is 6.79. The lowest BCUT2D eigenvalue weighted by Crippen LogP contribution is -2.42. The molecule has 0 radical (unpaired) electrons. The third-order valence-corrected chi connectivity index (χ3v) is 6.25. The summed E-state index contributed by atoms with van der Waals surface area (Å²) in [6.45, 7) is 6.35. The first kappa shape index (κ1) is 23.4. The van der Waals surface area contributed by atoms with Crippen LogP contribution in [0.25, 0.3) is 0 Å². The molecule has 156 valence electrons. The number of nitrogens with one attached hydrogen (secondary N) is 2. The summed E-state index contributed by atoms with van der Waals surface area (Å²) in [6.07, 6.45) is 6.36. The molecule has 0 spiro atoms. The fraction of sp³-hybridized carbons (Fsp3) is 0.619. The van der Waals surface area contributed by atoms with Gasteiger partial charge in [0.2, 0.25) is 5.91 Å². The highest BCUT2D eigenvalue weighted by Crippen LogP contribution is 2.44. The van der Waals surface area contributed by atoms with Crippen molar-refractivity contribution in [1.82, 2.24) is 15.5 Å². The van der Waals surface area contributed by atoms with Gasteiger partial charge in [-0.1, -0.05) is 34.5 Å². The Bertz CT molecular complexity index is 661. The fourth-order valence-electron chi connectivity index (χ4n) is 3.93. The molecule has 1 saturated heterocycles. The van der Waals surface area contributed by atoms with Gasteiger partial charge in [0.25, 0.3) is 0 Å². The zero-order valence-electron chi connectivity index (χ0n) is 16.7. The van der Waals surface area contributed by atoms with Gasteiger partial charge in [-0.25, -0.2) is 0 Å². The van der Waals surface area contributed by atoms with Crippen molar-refractivity contribution in [2.45, 2.75) is 50.9 Å². The number of halogens is 2. The van der Waals surface area contributed by atoms with Crippen LogP contribution in [0.1, 0.15) is 51.0 Å². The van der Waals surface area contributed by atoms with Gasteiger partial charge in [-0.3, -0.25) is 9.79 Å². The Morgan fingerprint density at radius 2 is 1.96 bits per heavy atom. The summed E-state index contributed by atoms with van der Waals surface area (Å²) in [5.74, 6) is 1.19. The number of hydrogen-bond acceptors (Lipinski definition) is 2. The number of aliphatic imine (C=N–C) groups is 1. The van der Waals surface area contributed by atoms with Gasteiger partial charge in [0.05, 0.1) is 6.54 Å². The van der Waals surface area contributed by atoms with Crippen LogP contribution in [0.3, 0.4) is 0 Å². The lowest BCUT2D eigenvalue weighted by Gasteiger charge is -2.41. The van der Waals surface area contributed by atoms with Crippen LogP contribution >= 0.6 is 39.9 Å². The molecule has 0 aromatic heterocycles. The first-order valence-electron chi connectivity index (χ1n) is 10.2. The van der Waals surface area contributed by atoms with Gasteiger partial charge < -0.3 is 15.5 Å². The topological polar surface area (TPSA) is 56.7 Å². The largest absolute Gasteiger partial charge is 0.357 e. The summed E-state index contributed by atoms with van der Waals surface area (Å²) in [4.78, 5) is 18.5. The monoisotopic (exact) mass is 562 g/mol. The second-order valence-electron chi connectivity index (χ2n) is 7.60. The van der Waals surface area contributed by atoms with Gasteiger partial charge in [-0.2, -0.15) is 0 Å². The zero-order chi connectivity index (χ0) is 19.1. The molecule has 1 aromatic rings. The van der Waals surface area contributed by atoms with E-state index >= 15 is 0 Å². The molecule has 1 aliphatic carbocycles. The number of carbonyl (C=O) groups excluding carboxylic acids is 1. The smallest absolute Gasteiger partial charge is 0.222 e. The van der Waals surface area contributed by atoms with Crippen molar-refractivity contribution in [3.8, 4) is 0 Å². The highest BCUT2D eigenvalue weighted by Gasteiger charge is 2.38. The summed E-state index contributed by atoms with van der Waals surface area (Å²) < 4.78 is 1.12. The lowest BCUT2D eigenvalue weighted by atomic mass is 9.64. The average molecular weight is 563 g/mol. The van der Waals surface area contributed by atoms with Crippen LogP contribution in [-0.4, -0.2) is 49.5 Å². The molecular weight excluding hydrogens is 531 g/mol. The van der Waals surface area contributed by atoms with E-state index in [1.54, 1.807) is 0 Å². The van der Waals surface area contributed by atoms with E-state index in [-0.39, 0.29) is 29.4 Å². The Morgan fingerprint density at radius 1 is 1.21 bits per heavy atom. The molecule has 0 atom stereocenters. The molecule has 2 N–H and O–H groups in total. The number of nitrogens with zero attached hydrogens (tertiary/aromatic N) is 2. The van der Waals surface area contributed by atoms with E-state index < -0.39 is 0 Å². The van der Waals surface area contributed by atoms with Gasteiger partial charge in [0.15, 0.2) is 5.96 Å². The molecule has 2 fully saturated rings. The van der Waals surface area contributed by atoms with E-state index in [0.29, 0.717) is 5.91 Å². The zero-order valence-corrected chi connectivity index (χ0v) is 20.6. The highest BCUT2D eigenvalue weighted by atomic mass is 127. The maximum absolute atomic E-state index is 11.7. The summed E-state index contributed by atoms with van der Waals surface area (Å²) in [5.41, 5.74) is 1.58. The minimum atomic E-state index is 0. The minimum absolute atomic E-state index is 0. The number of guanidine groups is 1. The second kappa shape index (κ2) is 11.4. The number of benzene rings is 1. The van der Waals surface area contributed by atoms with Crippen LogP contribution in [0.15, 0.2) is 33.7 Å². The van der Waals surface area contributed by atoms with E-state index in [0.717, 1.165) is 62.4 Å². The first-order valence-corrected chi connectivity index (χ1v) is 11.0. The van der Waals surface area contributed by atoms with Crippen LogP contribution in [0, 0.1) is 0 Å². The summed E-state index contributed by atoms with van der Waals surface area (Å²) in [7, 11) is 0. The Balaban J connectivity index is 0.00000280. The second-order valence-corrected chi connectivity index (χ2v) is 8.52. The van der Waals surface area contributed by atoms with Gasteiger partial charge >= 0.3 is 0 Å². The number of rotatable bonds is 8. The predicted octanol–water partition coefficient (Wildman–Crippen LogP) is 4.06. The number of carbonyl (C=O) groups is 1. The minimum Gasteiger partial charge on any atom is -0.357 e. The molecule has 1 heterocycles. The van der Waals surface area contributed by atoms with E-state index in [1.165, 1.54) is 24.8 Å². The summed E-state index contributed by atoms with van der Waals surface area (Å²) in [6, 6.07) is 8.71. The van der Waals surface area contributed by atoms with Crippen molar-refractivity contribution < 1.29 is 4.79 Å². The third-order valence-electron chi connectivity index (χ3n) is 5.72. The van der Waals surface area contributed by atoms with E-state index in [1.807, 2.05) is 4.90 Å². The molecule has 0 unspecified atom stereocenters. The SMILES string of the molecule is CCNC(=NCC1(c2ccc(Br)cc2)CCC1)NCCCN1CCCC1=O.I. The van der Waals surface area contributed by atoms with Gasteiger partial charge in [0, 0.05) is 42.5 Å². The van der Waals surface area contributed by atoms with Crippen LogP contribution in [0.4, 0.5) is 0 Å². The van der Waals surface area contributed by atoms with Crippen molar-refractivity contribution in [3.05, 3.63) is 34.3 Å². The predicted molar refractivity (Wildman–Crippen MR) is 129 cm³/mol. The van der Waals surface area contributed by atoms with Crippen molar-refractivity contribution in [1.29, 1.82) is 0 Å². The molecule has 1 saturated carbocycles. The Labute approximate surface area is 194 Å². The average Bonchev–Trinajstić information content (AvgIpc) is 3.04. The Hall–Kier alpha value is -0.830. The van der Waals surface area contributed by atoms with Crippen molar-refractivity contribution in [2.24, 2.45) is 4.99 Å². The van der Waals surface area contributed by atoms with Crippen LogP contribution in [-0.2, 0) is 10.2 Å². The van der Waals surface area contributed by atoms with Gasteiger partial charge in [0.1, 0.15) is 0 Å². The van der Waals surface area contributed by atoms with Crippen molar-refractivity contribution >= 4 is 51.8 Å². The maximum atomic E-state index is 11.7. The normalized spacial score (nSPS) is 18.4. The van der Waals surface area contributed by atoms with Crippen molar-refractivity contribution in [3.63, 3.8) is 0 Å². The maximum Gasteiger partial charge on any atom is 0.222 e. The molecule has 1 aliphatic heterocycles. The van der Waals surface area contributed by atoms with Gasteiger partial charge in [-0.05, 0) is 50.3 Å². The van der Waals surface area contributed by atoms with Crippen LogP contribution < -0.4 is 10.6 Å². The Morgan fingerprint density at radius 3 is 2.54 bits per heavy atom. The molecule has 1 aromatic carbocycles. The van der Waals surface area contributed by atoms with E-state index in [4.69, 9.17) is 4.99 Å². The Kier molecular flexibility index (Phi) is 9.53. The number of likely N-dealkylation sites (tertiary alicyclic amines) is 1. The molecule has 7 heteroatoms. The number of amides is 1. The van der Waals surface area contributed by atoms with Crippen LogP contribution in [0.2, 0.25) is 0 Å².